The fourth-order valence-corrected chi connectivity index (χ4v) is 4.09. The SMILES string of the molecule is CCc1cc(N2CCc3c(ncn3CCc3ccccc3)C2)nc(-c2ccccn2)n1. The molecule has 4 aromatic rings. The molecule has 5 rings (SSSR count). The van der Waals surface area contributed by atoms with Gasteiger partial charge in [-0.25, -0.2) is 15.0 Å². The summed E-state index contributed by atoms with van der Waals surface area (Å²) in [5.41, 5.74) is 5.70. The number of aromatic nitrogens is 5. The van der Waals surface area contributed by atoms with Gasteiger partial charge in [0, 0.05) is 43.2 Å². The first-order valence-electron chi connectivity index (χ1n) is 10.9. The van der Waals surface area contributed by atoms with Crippen molar-refractivity contribution in [3.05, 3.63) is 89.8 Å². The molecule has 0 atom stereocenters. The smallest absolute Gasteiger partial charge is 0.180 e. The van der Waals surface area contributed by atoms with E-state index in [0.717, 1.165) is 61.8 Å². The molecule has 1 aliphatic heterocycles. The first kappa shape index (κ1) is 19.4. The van der Waals surface area contributed by atoms with Gasteiger partial charge in [0.05, 0.1) is 18.6 Å². The molecule has 1 aromatic carbocycles. The Labute approximate surface area is 182 Å². The van der Waals surface area contributed by atoms with Crippen molar-refractivity contribution >= 4 is 5.82 Å². The van der Waals surface area contributed by atoms with Gasteiger partial charge in [0.1, 0.15) is 11.5 Å². The largest absolute Gasteiger partial charge is 0.350 e. The van der Waals surface area contributed by atoms with Gasteiger partial charge in [0.25, 0.3) is 0 Å². The second kappa shape index (κ2) is 8.68. The van der Waals surface area contributed by atoms with Gasteiger partial charge in [-0.1, -0.05) is 43.3 Å². The normalized spacial score (nSPS) is 13.3. The molecule has 31 heavy (non-hydrogen) atoms. The highest BCUT2D eigenvalue weighted by molar-refractivity contribution is 5.54. The first-order chi connectivity index (χ1) is 15.3. The van der Waals surface area contributed by atoms with Gasteiger partial charge in [-0.05, 0) is 30.5 Å². The van der Waals surface area contributed by atoms with Crippen molar-refractivity contribution in [1.82, 2.24) is 24.5 Å². The standard InChI is InChI=1S/C25H26N6/c1-2-20-16-24(29-25(28-20)21-10-6-7-13-26-21)30-15-12-23-22(17-30)27-18-31(23)14-11-19-8-4-3-5-9-19/h3-10,13,16,18H,2,11-12,14-15,17H2,1H3. The number of hydrogen-bond acceptors (Lipinski definition) is 5. The van der Waals surface area contributed by atoms with Crippen LogP contribution in [0, 0.1) is 0 Å². The number of benzene rings is 1. The molecule has 3 aromatic heterocycles. The van der Waals surface area contributed by atoms with Crippen LogP contribution in [0.15, 0.2) is 67.1 Å². The number of nitrogens with zero attached hydrogens (tertiary/aromatic N) is 6. The van der Waals surface area contributed by atoms with Crippen molar-refractivity contribution in [1.29, 1.82) is 0 Å². The lowest BCUT2D eigenvalue weighted by Gasteiger charge is -2.28. The average Bonchev–Trinajstić information content (AvgIpc) is 3.26. The van der Waals surface area contributed by atoms with Crippen LogP contribution in [0.2, 0.25) is 0 Å². The maximum atomic E-state index is 4.85. The van der Waals surface area contributed by atoms with Gasteiger partial charge in [-0.3, -0.25) is 4.98 Å². The van der Waals surface area contributed by atoms with E-state index in [1.54, 1.807) is 6.20 Å². The van der Waals surface area contributed by atoms with Crippen LogP contribution in [0.25, 0.3) is 11.5 Å². The second-order valence-electron chi connectivity index (χ2n) is 7.85. The number of rotatable bonds is 6. The summed E-state index contributed by atoms with van der Waals surface area (Å²) in [5, 5.41) is 0. The predicted octanol–water partition coefficient (Wildman–Crippen LogP) is 4.10. The number of anilines is 1. The van der Waals surface area contributed by atoms with E-state index >= 15 is 0 Å². The van der Waals surface area contributed by atoms with Crippen LogP contribution in [0.4, 0.5) is 5.82 Å². The Morgan fingerprint density at radius 2 is 1.84 bits per heavy atom. The molecular formula is C25H26N6. The Hall–Kier alpha value is -3.54. The van der Waals surface area contributed by atoms with E-state index in [4.69, 9.17) is 15.0 Å². The lowest BCUT2D eigenvalue weighted by Crippen LogP contribution is -2.32. The van der Waals surface area contributed by atoms with E-state index in [9.17, 15) is 0 Å². The van der Waals surface area contributed by atoms with Gasteiger partial charge in [0.15, 0.2) is 5.82 Å². The highest BCUT2D eigenvalue weighted by Crippen LogP contribution is 2.25. The molecule has 0 aliphatic carbocycles. The third-order valence-corrected chi connectivity index (χ3v) is 5.82. The Bertz CT molecular complexity index is 1150. The minimum atomic E-state index is 0.689. The van der Waals surface area contributed by atoms with Crippen LogP contribution in [0.3, 0.4) is 0 Å². The van der Waals surface area contributed by atoms with Gasteiger partial charge in [-0.15, -0.1) is 0 Å². The molecule has 156 valence electrons. The second-order valence-corrected chi connectivity index (χ2v) is 7.85. The number of fused-ring (bicyclic) bond motifs is 1. The molecule has 0 saturated carbocycles. The quantitative estimate of drug-likeness (QED) is 0.479. The fourth-order valence-electron chi connectivity index (χ4n) is 4.09. The fraction of sp³-hybridized carbons (Fsp3) is 0.280. The predicted molar refractivity (Wildman–Crippen MR) is 122 cm³/mol. The van der Waals surface area contributed by atoms with Gasteiger partial charge < -0.3 is 9.47 Å². The molecule has 6 nitrogen and oxygen atoms in total. The summed E-state index contributed by atoms with van der Waals surface area (Å²) in [5.74, 6) is 1.64. The lowest BCUT2D eigenvalue weighted by molar-refractivity contribution is 0.622. The molecule has 0 radical (unpaired) electrons. The molecule has 0 amide bonds. The van der Waals surface area contributed by atoms with Gasteiger partial charge in [-0.2, -0.15) is 0 Å². The zero-order valence-corrected chi connectivity index (χ0v) is 17.8. The summed E-state index contributed by atoms with van der Waals surface area (Å²) in [6.07, 6.45) is 6.63. The van der Waals surface area contributed by atoms with E-state index in [1.165, 1.54) is 11.3 Å². The minimum Gasteiger partial charge on any atom is -0.350 e. The number of hydrogen-bond donors (Lipinski definition) is 0. The van der Waals surface area contributed by atoms with Crippen molar-refractivity contribution in [2.45, 2.75) is 39.3 Å². The molecular weight excluding hydrogens is 384 g/mol. The molecule has 0 saturated heterocycles. The van der Waals surface area contributed by atoms with Crippen molar-refractivity contribution in [2.75, 3.05) is 11.4 Å². The molecule has 0 spiro atoms. The maximum absolute atomic E-state index is 4.85. The highest BCUT2D eigenvalue weighted by Gasteiger charge is 2.23. The van der Waals surface area contributed by atoms with Crippen LogP contribution in [0.1, 0.15) is 29.6 Å². The van der Waals surface area contributed by atoms with Crippen molar-refractivity contribution in [3.8, 4) is 11.5 Å². The monoisotopic (exact) mass is 410 g/mol. The average molecular weight is 411 g/mol. The summed E-state index contributed by atoms with van der Waals surface area (Å²) in [4.78, 5) is 21.0. The molecule has 0 unspecified atom stereocenters. The van der Waals surface area contributed by atoms with Crippen molar-refractivity contribution in [3.63, 3.8) is 0 Å². The third-order valence-electron chi connectivity index (χ3n) is 5.82. The first-order valence-corrected chi connectivity index (χ1v) is 10.9. The van der Waals surface area contributed by atoms with E-state index < -0.39 is 0 Å². The molecule has 0 bridgehead atoms. The summed E-state index contributed by atoms with van der Waals surface area (Å²) < 4.78 is 2.32. The van der Waals surface area contributed by atoms with Gasteiger partial charge >= 0.3 is 0 Å². The molecule has 1 aliphatic rings. The lowest BCUT2D eigenvalue weighted by atomic mass is 10.1. The van der Waals surface area contributed by atoms with E-state index in [-0.39, 0.29) is 0 Å². The summed E-state index contributed by atoms with van der Waals surface area (Å²) in [6, 6.07) is 18.6. The maximum Gasteiger partial charge on any atom is 0.180 e. The molecule has 0 N–H and O–H groups in total. The number of aryl methyl sites for hydroxylation is 3. The van der Waals surface area contributed by atoms with Crippen LogP contribution in [-0.4, -0.2) is 31.0 Å². The van der Waals surface area contributed by atoms with Crippen LogP contribution >= 0.6 is 0 Å². The Morgan fingerprint density at radius 1 is 0.968 bits per heavy atom. The Balaban J connectivity index is 1.36. The number of pyridine rings is 1. The summed E-state index contributed by atoms with van der Waals surface area (Å²) in [6.45, 7) is 4.78. The zero-order chi connectivity index (χ0) is 21.0. The van der Waals surface area contributed by atoms with E-state index in [2.05, 4.69) is 57.8 Å². The summed E-state index contributed by atoms with van der Waals surface area (Å²) >= 11 is 0. The Morgan fingerprint density at radius 3 is 2.65 bits per heavy atom. The third kappa shape index (κ3) is 4.19. The van der Waals surface area contributed by atoms with Crippen LogP contribution in [0.5, 0.6) is 0 Å². The van der Waals surface area contributed by atoms with E-state index in [0.29, 0.717) is 5.82 Å². The molecule has 6 heteroatoms. The number of imidazole rings is 1. The van der Waals surface area contributed by atoms with E-state index in [1.807, 2.05) is 24.5 Å². The zero-order valence-electron chi connectivity index (χ0n) is 17.8. The van der Waals surface area contributed by atoms with Crippen molar-refractivity contribution < 1.29 is 0 Å². The van der Waals surface area contributed by atoms with Gasteiger partial charge in [0.2, 0.25) is 0 Å². The topological polar surface area (TPSA) is 59.7 Å². The Kier molecular flexibility index (Phi) is 5.44. The van der Waals surface area contributed by atoms with Crippen LogP contribution < -0.4 is 4.90 Å². The van der Waals surface area contributed by atoms with Crippen LogP contribution in [-0.2, 0) is 32.4 Å². The highest BCUT2D eigenvalue weighted by atomic mass is 15.2. The minimum absolute atomic E-state index is 0.689. The summed E-state index contributed by atoms with van der Waals surface area (Å²) in [7, 11) is 0. The van der Waals surface area contributed by atoms with Crippen molar-refractivity contribution in [2.24, 2.45) is 0 Å². The molecule has 4 heterocycles. The molecule has 0 fully saturated rings.